The molecule has 0 saturated heterocycles. The van der Waals surface area contributed by atoms with Crippen molar-refractivity contribution in [2.24, 2.45) is 0 Å². The Balaban J connectivity index is 1.83. The van der Waals surface area contributed by atoms with Crippen LogP contribution in [-0.2, 0) is 0 Å². The van der Waals surface area contributed by atoms with E-state index < -0.39 is 0 Å². The first-order valence-corrected chi connectivity index (χ1v) is 10.3. The molecule has 0 fully saturated rings. The van der Waals surface area contributed by atoms with Gasteiger partial charge < -0.3 is 9.88 Å². The van der Waals surface area contributed by atoms with E-state index in [0.29, 0.717) is 35.4 Å². The number of nitrogens with one attached hydrogen (secondary N) is 1. The minimum absolute atomic E-state index is 0.0469. The van der Waals surface area contributed by atoms with E-state index in [0.717, 1.165) is 16.0 Å². The van der Waals surface area contributed by atoms with Crippen molar-refractivity contribution in [3.8, 4) is 21.8 Å². The number of nitrogens with zero attached hydrogens (tertiary/aromatic N) is 3. The summed E-state index contributed by atoms with van der Waals surface area (Å²) in [5, 5.41) is 3.40. The highest BCUT2D eigenvalue weighted by Gasteiger charge is 2.18. The second kappa shape index (κ2) is 7.97. The Hall–Kier alpha value is -3.32. The molecule has 146 valence electrons. The first-order valence-electron chi connectivity index (χ1n) is 9.44. The second-order valence-electron chi connectivity index (χ2n) is 6.53. The van der Waals surface area contributed by atoms with Crippen molar-refractivity contribution < 1.29 is 4.79 Å². The van der Waals surface area contributed by atoms with Gasteiger partial charge in [-0.05, 0) is 44.2 Å². The van der Waals surface area contributed by atoms with Crippen molar-refractivity contribution >= 4 is 28.1 Å². The molecule has 0 atom stereocenters. The number of hydrogen-bond donors (Lipinski definition) is 1. The SMILES string of the molecule is CCN(CC)C(=O)c1cccc2[nH]c(=O)c(-c3csc(-c4ccncc4)n3)cc12. The van der Waals surface area contributed by atoms with Crippen LogP contribution < -0.4 is 5.56 Å². The molecular formula is C22H20N4O2S. The van der Waals surface area contributed by atoms with E-state index in [2.05, 4.69) is 15.0 Å². The summed E-state index contributed by atoms with van der Waals surface area (Å²) in [4.78, 5) is 39.0. The second-order valence-corrected chi connectivity index (χ2v) is 7.39. The van der Waals surface area contributed by atoms with E-state index in [1.165, 1.54) is 11.3 Å². The summed E-state index contributed by atoms with van der Waals surface area (Å²) in [6, 6.07) is 10.9. The van der Waals surface area contributed by atoms with Crippen molar-refractivity contribution in [2.45, 2.75) is 13.8 Å². The van der Waals surface area contributed by atoms with Crippen molar-refractivity contribution in [1.82, 2.24) is 19.9 Å². The highest BCUT2D eigenvalue weighted by atomic mass is 32.1. The number of hydrogen-bond acceptors (Lipinski definition) is 5. The fourth-order valence-corrected chi connectivity index (χ4v) is 4.14. The molecule has 0 unspecified atom stereocenters. The van der Waals surface area contributed by atoms with E-state index in [-0.39, 0.29) is 11.5 Å². The summed E-state index contributed by atoms with van der Waals surface area (Å²) in [7, 11) is 0. The normalized spacial score (nSPS) is 11.0. The third-order valence-electron chi connectivity index (χ3n) is 4.88. The number of thiazole rings is 1. The Labute approximate surface area is 171 Å². The molecule has 0 bridgehead atoms. The third-order valence-corrected chi connectivity index (χ3v) is 5.77. The maximum Gasteiger partial charge on any atom is 0.257 e. The molecule has 1 amide bonds. The number of pyridine rings is 2. The van der Waals surface area contributed by atoms with E-state index in [1.54, 1.807) is 35.5 Å². The van der Waals surface area contributed by atoms with Crippen LogP contribution in [0.4, 0.5) is 0 Å². The zero-order valence-corrected chi connectivity index (χ0v) is 17.0. The number of carbonyl (C=O) groups excluding carboxylic acids is 1. The maximum atomic E-state index is 13.0. The highest BCUT2D eigenvalue weighted by Crippen LogP contribution is 2.29. The third kappa shape index (κ3) is 3.56. The van der Waals surface area contributed by atoms with Gasteiger partial charge in [-0.2, -0.15) is 0 Å². The number of aromatic amines is 1. The molecular weight excluding hydrogens is 384 g/mol. The number of fused-ring (bicyclic) bond motifs is 1. The van der Waals surface area contributed by atoms with Gasteiger partial charge in [0.15, 0.2) is 0 Å². The van der Waals surface area contributed by atoms with E-state index in [9.17, 15) is 9.59 Å². The van der Waals surface area contributed by atoms with Crippen LogP contribution in [0.5, 0.6) is 0 Å². The molecule has 0 spiro atoms. The fraction of sp³-hybridized carbons (Fsp3) is 0.182. The molecule has 0 saturated carbocycles. The largest absolute Gasteiger partial charge is 0.339 e. The Morgan fingerprint density at radius 3 is 2.62 bits per heavy atom. The maximum absolute atomic E-state index is 13.0. The van der Waals surface area contributed by atoms with Crippen LogP contribution in [0.25, 0.3) is 32.7 Å². The quantitative estimate of drug-likeness (QED) is 0.541. The van der Waals surface area contributed by atoms with Crippen LogP contribution in [0.15, 0.2) is 59.0 Å². The van der Waals surface area contributed by atoms with Gasteiger partial charge in [0.1, 0.15) is 5.01 Å². The summed E-state index contributed by atoms with van der Waals surface area (Å²) < 4.78 is 0. The van der Waals surface area contributed by atoms with Gasteiger partial charge in [0.2, 0.25) is 0 Å². The van der Waals surface area contributed by atoms with Gasteiger partial charge in [-0.25, -0.2) is 4.98 Å². The monoisotopic (exact) mass is 404 g/mol. The zero-order chi connectivity index (χ0) is 20.4. The lowest BCUT2D eigenvalue weighted by Crippen LogP contribution is -2.30. The van der Waals surface area contributed by atoms with Crippen LogP contribution in [0, 0.1) is 0 Å². The lowest BCUT2D eigenvalue weighted by molar-refractivity contribution is 0.0775. The number of benzene rings is 1. The predicted molar refractivity (Wildman–Crippen MR) is 116 cm³/mol. The van der Waals surface area contributed by atoms with Crippen LogP contribution in [0.3, 0.4) is 0 Å². The average Bonchev–Trinajstić information content (AvgIpc) is 3.24. The topological polar surface area (TPSA) is 79.0 Å². The van der Waals surface area contributed by atoms with Gasteiger partial charge in [0.25, 0.3) is 11.5 Å². The summed E-state index contributed by atoms with van der Waals surface area (Å²) in [5.41, 5.74) is 2.99. The molecule has 1 aromatic carbocycles. The smallest absolute Gasteiger partial charge is 0.257 e. The number of aromatic nitrogens is 3. The standard InChI is InChI=1S/C22H20N4O2S/c1-3-26(4-2)22(28)15-6-5-7-18-16(15)12-17(20(27)24-18)19-13-29-21(25-19)14-8-10-23-11-9-14/h5-13H,3-4H2,1-2H3,(H,24,27). The van der Waals surface area contributed by atoms with Crippen molar-refractivity contribution in [3.63, 3.8) is 0 Å². The molecule has 0 aliphatic carbocycles. The molecule has 0 aliphatic rings. The van der Waals surface area contributed by atoms with Gasteiger partial charge in [-0.1, -0.05) is 6.07 Å². The van der Waals surface area contributed by atoms with Crippen molar-refractivity contribution in [2.75, 3.05) is 13.1 Å². The fourth-order valence-electron chi connectivity index (χ4n) is 3.31. The van der Waals surface area contributed by atoms with Crippen LogP contribution >= 0.6 is 11.3 Å². The van der Waals surface area contributed by atoms with E-state index >= 15 is 0 Å². The number of rotatable bonds is 5. The zero-order valence-electron chi connectivity index (χ0n) is 16.2. The van der Waals surface area contributed by atoms with E-state index in [4.69, 9.17) is 0 Å². The van der Waals surface area contributed by atoms with Gasteiger partial charge in [-0.3, -0.25) is 14.6 Å². The molecule has 4 aromatic rings. The van der Waals surface area contributed by atoms with Crippen LogP contribution in [-0.4, -0.2) is 38.8 Å². The molecule has 3 heterocycles. The minimum Gasteiger partial charge on any atom is -0.339 e. The lowest BCUT2D eigenvalue weighted by atomic mass is 10.0. The molecule has 29 heavy (non-hydrogen) atoms. The van der Waals surface area contributed by atoms with E-state index in [1.807, 2.05) is 37.4 Å². The molecule has 0 radical (unpaired) electrons. The van der Waals surface area contributed by atoms with Crippen LogP contribution in [0.2, 0.25) is 0 Å². The number of H-pyrrole nitrogens is 1. The summed E-state index contributed by atoms with van der Waals surface area (Å²) in [6.07, 6.45) is 3.43. The molecule has 4 rings (SSSR count). The van der Waals surface area contributed by atoms with Crippen molar-refractivity contribution in [3.05, 3.63) is 70.1 Å². The minimum atomic E-state index is -0.225. The first kappa shape index (κ1) is 19.0. The summed E-state index contributed by atoms with van der Waals surface area (Å²) in [5.74, 6) is -0.0469. The van der Waals surface area contributed by atoms with Gasteiger partial charge in [-0.15, -0.1) is 11.3 Å². The summed E-state index contributed by atoms with van der Waals surface area (Å²) in [6.45, 7) is 5.16. The number of carbonyl (C=O) groups is 1. The Bertz CT molecular complexity index is 1230. The summed E-state index contributed by atoms with van der Waals surface area (Å²) >= 11 is 1.47. The van der Waals surface area contributed by atoms with Gasteiger partial charge >= 0.3 is 0 Å². The molecule has 1 N–H and O–H groups in total. The Morgan fingerprint density at radius 2 is 1.90 bits per heavy atom. The molecule has 3 aromatic heterocycles. The molecule has 7 heteroatoms. The first-order chi connectivity index (χ1) is 14.1. The highest BCUT2D eigenvalue weighted by molar-refractivity contribution is 7.13. The van der Waals surface area contributed by atoms with Gasteiger partial charge in [0, 0.05) is 52.9 Å². The molecule has 0 aliphatic heterocycles. The Morgan fingerprint density at radius 1 is 1.14 bits per heavy atom. The van der Waals surface area contributed by atoms with Gasteiger partial charge in [0.05, 0.1) is 11.3 Å². The predicted octanol–water partition coefficient (Wildman–Crippen LogP) is 4.20. The number of amides is 1. The van der Waals surface area contributed by atoms with Crippen LogP contribution in [0.1, 0.15) is 24.2 Å². The van der Waals surface area contributed by atoms with Crippen molar-refractivity contribution in [1.29, 1.82) is 0 Å². The lowest BCUT2D eigenvalue weighted by Gasteiger charge is -2.19. The average molecular weight is 404 g/mol. The molecule has 6 nitrogen and oxygen atoms in total. The Kier molecular flexibility index (Phi) is 5.22.